The number of nitrogens with one attached hydrogen (secondary N) is 1. The maximum atomic E-state index is 14.3. The highest BCUT2D eigenvalue weighted by Gasteiger charge is 2.49. The van der Waals surface area contributed by atoms with Crippen molar-refractivity contribution in [3.63, 3.8) is 0 Å². The summed E-state index contributed by atoms with van der Waals surface area (Å²) in [6.45, 7) is 2.59. The summed E-state index contributed by atoms with van der Waals surface area (Å²) in [6.07, 6.45) is 12.3. The number of anilines is 1. The van der Waals surface area contributed by atoms with Gasteiger partial charge in [0.15, 0.2) is 0 Å². The molecule has 3 aliphatic carbocycles. The zero-order chi connectivity index (χ0) is 24.0. The lowest BCUT2D eigenvalue weighted by molar-refractivity contribution is -0.119. The standard InChI is InChI=1S/C28H38FN3O3/c29-20-10-11-25-24(16-20)28(18-32(25)26(33)19-8-9-19)12-14-31(15-13-28)22-5-2-1-4-21(17-22)30-27(34)35-23-6-3-7-23/h10-11,16,19,21-23H,1-9,12-15,17-18H2,(H,30,34). The largest absolute Gasteiger partial charge is 0.446 e. The number of likely N-dealkylation sites (tertiary alicyclic amines) is 1. The van der Waals surface area contributed by atoms with Crippen molar-refractivity contribution in [1.82, 2.24) is 10.2 Å². The Morgan fingerprint density at radius 2 is 1.77 bits per heavy atom. The summed E-state index contributed by atoms with van der Waals surface area (Å²) in [6, 6.07) is 5.61. The maximum absolute atomic E-state index is 14.3. The van der Waals surface area contributed by atoms with E-state index in [0.717, 1.165) is 95.0 Å². The van der Waals surface area contributed by atoms with Crippen LogP contribution < -0.4 is 10.2 Å². The van der Waals surface area contributed by atoms with Crippen LogP contribution in [0.3, 0.4) is 0 Å². The third-order valence-corrected chi connectivity index (χ3v) is 9.29. The lowest BCUT2D eigenvalue weighted by atomic mass is 9.74. The van der Waals surface area contributed by atoms with E-state index in [4.69, 9.17) is 4.74 Å². The van der Waals surface area contributed by atoms with Gasteiger partial charge in [-0.2, -0.15) is 0 Å². The molecule has 1 saturated heterocycles. The molecule has 2 amide bonds. The van der Waals surface area contributed by atoms with Crippen LogP contribution in [0, 0.1) is 11.7 Å². The summed E-state index contributed by atoms with van der Waals surface area (Å²) < 4.78 is 19.8. The van der Waals surface area contributed by atoms with E-state index in [1.807, 2.05) is 11.0 Å². The van der Waals surface area contributed by atoms with Crippen LogP contribution in [-0.2, 0) is 14.9 Å². The number of carbonyl (C=O) groups excluding carboxylic acids is 2. The molecule has 2 atom stereocenters. The molecule has 1 aromatic carbocycles. The number of fused-ring (bicyclic) bond motifs is 2. The zero-order valence-electron chi connectivity index (χ0n) is 20.6. The summed E-state index contributed by atoms with van der Waals surface area (Å²) in [4.78, 5) is 29.9. The number of rotatable bonds is 4. The molecule has 4 fully saturated rings. The van der Waals surface area contributed by atoms with E-state index in [-0.39, 0.29) is 41.3 Å². The number of amides is 2. The molecule has 2 heterocycles. The van der Waals surface area contributed by atoms with E-state index in [9.17, 15) is 14.0 Å². The van der Waals surface area contributed by atoms with Gasteiger partial charge in [0.25, 0.3) is 0 Å². The van der Waals surface area contributed by atoms with Crippen LogP contribution in [0.4, 0.5) is 14.9 Å². The average molecular weight is 484 g/mol. The first-order valence-corrected chi connectivity index (χ1v) is 13.8. The number of hydrogen-bond acceptors (Lipinski definition) is 4. The topological polar surface area (TPSA) is 61.9 Å². The van der Waals surface area contributed by atoms with Gasteiger partial charge in [0.1, 0.15) is 11.9 Å². The Hall–Kier alpha value is -2.15. The molecule has 2 unspecified atom stereocenters. The monoisotopic (exact) mass is 483 g/mol. The van der Waals surface area contributed by atoms with Crippen LogP contribution in [-0.4, -0.2) is 54.7 Å². The van der Waals surface area contributed by atoms with Crippen molar-refractivity contribution in [3.8, 4) is 0 Å². The molecule has 1 N–H and O–H groups in total. The van der Waals surface area contributed by atoms with E-state index >= 15 is 0 Å². The number of ether oxygens (including phenoxy) is 1. The second-order valence-corrected chi connectivity index (χ2v) is 11.6. The van der Waals surface area contributed by atoms with E-state index in [2.05, 4.69) is 10.2 Å². The lowest BCUT2D eigenvalue weighted by Crippen LogP contribution is -2.50. The van der Waals surface area contributed by atoms with E-state index in [1.54, 1.807) is 6.07 Å². The van der Waals surface area contributed by atoms with Gasteiger partial charge < -0.3 is 19.9 Å². The minimum Gasteiger partial charge on any atom is -0.446 e. The van der Waals surface area contributed by atoms with Crippen molar-refractivity contribution in [3.05, 3.63) is 29.6 Å². The first-order chi connectivity index (χ1) is 17.0. The molecule has 1 spiro atoms. The Balaban J connectivity index is 1.11. The third-order valence-electron chi connectivity index (χ3n) is 9.29. The highest BCUT2D eigenvalue weighted by Crippen LogP contribution is 2.49. The summed E-state index contributed by atoms with van der Waals surface area (Å²) >= 11 is 0. The number of hydrogen-bond donors (Lipinski definition) is 1. The average Bonchev–Trinajstić information content (AvgIpc) is 3.65. The Bertz CT molecular complexity index is 968. The van der Waals surface area contributed by atoms with Crippen LogP contribution >= 0.6 is 0 Å². The molecular weight excluding hydrogens is 445 g/mol. The second kappa shape index (κ2) is 9.38. The first-order valence-electron chi connectivity index (χ1n) is 13.8. The fraction of sp³-hybridized carbons (Fsp3) is 0.714. The number of piperidine rings is 1. The summed E-state index contributed by atoms with van der Waals surface area (Å²) in [5.41, 5.74) is 1.82. The molecule has 0 bridgehead atoms. The molecule has 3 saturated carbocycles. The Morgan fingerprint density at radius 1 is 1.00 bits per heavy atom. The van der Waals surface area contributed by atoms with Gasteiger partial charge in [0, 0.05) is 35.6 Å². The normalized spacial score (nSPS) is 28.8. The van der Waals surface area contributed by atoms with Gasteiger partial charge in [-0.05, 0) is 101 Å². The number of alkyl carbamates (subject to hydrolysis) is 1. The minimum atomic E-state index is -0.247. The summed E-state index contributed by atoms with van der Waals surface area (Å²) in [7, 11) is 0. The molecule has 7 heteroatoms. The number of nitrogens with zero attached hydrogens (tertiary/aromatic N) is 2. The molecule has 6 rings (SSSR count). The molecule has 5 aliphatic rings. The van der Waals surface area contributed by atoms with Crippen LogP contribution in [0.5, 0.6) is 0 Å². The predicted molar refractivity (Wildman–Crippen MR) is 132 cm³/mol. The minimum absolute atomic E-state index is 0.111. The van der Waals surface area contributed by atoms with E-state index < -0.39 is 0 Å². The second-order valence-electron chi connectivity index (χ2n) is 11.6. The van der Waals surface area contributed by atoms with Gasteiger partial charge in [-0.1, -0.05) is 12.8 Å². The Kier molecular flexibility index (Phi) is 6.23. The fourth-order valence-electron chi connectivity index (χ4n) is 6.77. The predicted octanol–water partition coefficient (Wildman–Crippen LogP) is 4.90. The molecule has 6 nitrogen and oxygen atoms in total. The molecule has 2 aliphatic heterocycles. The van der Waals surface area contributed by atoms with Gasteiger partial charge in [0.2, 0.25) is 5.91 Å². The first kappa shape index (κ1) is 23.3. The Morgan fingerprint density at radius 3 is 2.49 bits per heavy atom. The quantitative estimate of drug-likeness (QED) is 0.619. The van der Waals surface area contributed by atoms with Crippen molar-refractivity contribution in [2.24, 2.45) is 5.92 Å². The van der Waals surface area contributed by atoms with Gasteiger partial charge in [-0.3, -0.25) is 4.79 Å². The number of carbonyl (C=O) groups is 2. The van der Waals surface area contributed by atoms with Gasteiger partial charge in [-0.15, -0.1) is 0 Å². The van der Waals surface area contributed by atoms with Crippen molar-refractivity contribution >= 4 is 17.7 Å². The van der Waals surface area contributed by atoms with Crippen LogP contribution in [0.1, 0.15) is 82.6 Å². The van der Waals surface area contributed by atoms with Crippen LogP contribution in [0.25, 0.3) is 0 Å². The van der Waals surface area contributed by atoms with Gasteiger partial charge in [0.05, 0.1) is 0 Å². The SMILES string of the molecule is O=C(NC1CCCCC(N2CCC3(CC2)CN(C(=O)C2CC2)c2ccc(F)cc23)C1)OC1CCC1. The lowest BCUT2D eigenvalue weighted by Gasteiger charge is -2.43. The smallest absolute Gasteiger partial charge is 0.407 e. The van der Waals surface area contributed by atoms with Gasteiger partial charge >= 0.3 is 6.09 Å². The Labute approximate surface area is 207 Å². The maximum Gasteiger partial charge on any atom is 0.407 e. The third kappa shape index (κ3) is 4.68. The van der Waals surface area contributed by atoms with E-state index in [0.29, 0.717) is 12.6 Å². The molecule has 190 valence electrons. The highest BCUT2D eigenvalue weighted by molar-refractivity contribution is 5.99. The number of halogens is 1. The molecule has 0 radical (unpaired) electrons. The van der Waals surface area contributed by atoms with Crippen molar-refractivity contribution in [2.45, 2.75) is 101 Å². The highest BCUT2D eigenvalue weighted by atomic mass is 19.1. The fourth-order valence-corrected chi connectivity index (χ4v) is 6.77. The molecule has 35 heavy (non-hydrogen) atoms. The van der Waals surface area contributed by atoms with Crippen molar-refractivity contribution in [1.29, 1.82) is 0 Å². The van der Waals surface area contributed by atoms with Crippen molar-refractivity contribution in [2.75, 3.05) is 24.5 Å². The zero-order valence-corrected chi connectivity index (χ0v) is 20.6. The van der Waals surface area contributed by atoms with Crippen LogP contribution in [0.2, 0.25) is 0 Å². The summed E-state index contributed by atoms with van der Waals surface area (Å²) in [5, 5.41) is 3.16. The number of benzene rings is 1. The van der Waals surface area contributed by atoms with Crippen LogP contribution in [0.15, 0.2) is 18.2 Å². The molecular formula is C28H38FN3O3. The van der Waals surface area contributed by atoms with Gasteiger partial charge in [-0.25, -0.2) is 9.18 Å². The van der Waals surface area contributed by atoms with E-state index in [1.165, 1.54) is 12.5 Å². The molecule has 0 aromatic heterocycles. The van der Waals surface area contributed by atoms with Crippen molar-refractivity contribution < 1.29 is 18.7 Å². The molecule has 1 aromatic rings. The summed E-state index contributed by atoms with van der Waals surface area (Å²) in [5.74, 6) is 0.177.